The molecular formula is C10H22N2. The van der Waals surface area contributed by atoms with Crippen LogP contribution in [0, 0.1) is 0 Å². The predicted octanol–water partition coefficient (Wildman–Crippen LogP) is 1.65. The maximum atomic E-state index is 5.49. The molecule has 0 heterocycles. The van der Waals surface area contributed by atoms with Gasteiger partial charge < -0.3 is 11.1 Å². The van der Waals surface area contributed by atoms with Crippen LogP contribution in [-0.2, 0) is 0 Å². The largest absolute Gasteiger partial charge is 0.330 e. The van der Waals surface area contributed by atoms with Gasteiger partial charge in [0.15, 0.2) is 0 Å². The lowest BCUT2D eigenvalue weighted by Gasteiger charge is -2.26. The molecule has 72 valence electrons. The van der Waals surface area contributed by atoms with Crippen LogP contribution >= 0.6 is 0 Å². The molecule has 1 rings (SSSR count). The molecule has 0 amide bonds. The molecule has 0 saturated heterocycles. The summed E-state index contributed by atoms with van der Waals surface area (Å²) in [6, 6.07) is 1.39. The predicted molar refractivity (Wildman–Crippen MR) is 53.1 cm³/mol. The number of hydrogen-bond donors (Lipinski definition) is 2. The van der Waals surface area contributed by atoms with Gasteiger partial charge in [0.1, 0.15) is 0 Å². The zero-order valence-electron chi connectivity index (χ0n) is 8.18. The lowest BCUT2D eigenvalue weighted by atomic mass is 9.95. The Hall–Kier alpha value is -0.0800. The van der Waals surface area contributed by atoms with Crippen molar-refractivity contribution in [3.8, 4) is 0 Å². The van der Waals surface area contributed by atoms with Gasteiger partial charge >= 0.3 is 0 Å². The van der Waals surface area contributed by atoms with E-state index in [1.54, 1.807) is 0 Å². The molecule has 3 N–H and O–H groups in total. The van der Waals surface area contributed by atoms with Gasteiger partial charge in [-0.25, -0.2) is 0 Å². The Labute approximate surface area is 75.9 Å². The Morgan fingerprint density at radius 1 is 1.33 bits per heavy atom. The summed E-state index contributed by atoms with van der Waals surface area (Å²) in [6.07, 6.45) is 8.10. The Morgan fingerprint density at radius 3 is 2.58 bits per heavy atom. The lowest BCUT2D eigenvalue weighted by Crippen LogP contribution is -2.38. The molecule has 0 aromatic rings. The van der Waals surface area contributed by atoms with E-state index in [0.717, 1.165) is 19.0 Å². The summed E-state index contributed by atoms with van der Waals surface area (Å²) in [7, 11) is 0. The molecule has 2 nitrogen and oxygen atoms in total. The maximum Gasteiger partial charge on any atom is 0.00695 e. The summed E-state index contributed by atoms with van der Waals surface area (Å²) >= 11 is 0. The maximum absolute atomic E-state index is 5.49. The van der Waals surface area contributed by atoms with Gasteiger partial charge in [0.25, 0.3) is 0 Å². The van der Waals surface area contributed by atoms with Gasteiger partial charge in [-0.15, -0.1) is 0 Å². The third kappa shape index (κ3) is 3.55. The Kier molecular flexibility index (Phi) is 4.62. The van der Waals surface area contributed by atoms with Crippen molar-refractivity contribution in [2.75, 3.05) is 6.54 Å². The summed E-state index contributed by atoms with van der Waals surface area (Å²) < 4.78 is 0. The van der Waals surface area contributed by atoms with Gasteiger partial charge in [0, 0.05) is 12.1 Å². The molecule has 2 heteroatoms. The molecule has 0 aromatic heterocycles. The third-order valence-corrected chi connectivity index (χ3v) is 2.73. The average molecular weight is 170 g/mol. The van der Waals surface area contributed by atoms with E-state index in [4.69, 9.17) is 5.73 Å². The van der Waals surface area contributed by atoms with E-state index in [9.17, 15) is 0 Å². The van der Waals surface area contributed by atoms with Crippen molar-refractivity contribution in [3.05, 3.63) is 0 Å². The first-order valence-electron chi connectivity index (χ1n) is 5.29. The second-order valence-electron chi connectivity index (χ2n) is 3.98. The van der Waals surface area contributed by atoms with E-state index in [-0.39, 0.29) is 0 Å². The second kappa shape index (κ2) is 5.55. The number of nitrogens with two attached hydrogens (primary N) is 1. The quantitative estimate of drug-likeness (QED) is 0.673. The molecule has 1 aliphatic rings. The van der Waals surface area contributed by atoms with Crippen molar-refractivity contribution in [1.29, 1.82) is 0 Å². The van der Waals surface area contributed by atoms with Crippen LogP contribution in [0.25, 0.3) is 0 Å². The standard InChI is InChI=1S/C10H22N2/c1-9(7-8-11)12-10-5-3-2-4-6-10/h9-10,12H,2-8,11H2,1H3. The summed E-state index contributed by atoms with van der Waals surface area (Å²) in [5.74, 6) is 0. The molecular weight excluding hydrogens is 148 g/mol. The molecule has 1 atom stereocenters. The summed E-state index contributed by atoms with van der Waals surface area (Å²) in [5, 5.41) is 3.64. The first kappa shape index (κ1) is 10.0. The Bertz CT molecular complexity index is 108. The second-order valence-corrected chi connectivity index (χ2v) is 3.98. The fourth-order valence-electron chi connectivity index (χ4n) is 2.00. The minimum Gasteiger partial charge on any atom is -0.330 e. The van der Waals surface area contributed by atoms with Gasteiger partial charge in [-0.2, -0.15) is 0 Å². The van der Waals surface area contributed by atoms with Gasteiger partial charge in [0.2, 0.25) is 0 Å². The van der Waals surface area contributed by atoms with E-state index in [1.807, 2.05) is 0 Å². The van der Waals surface area contributed by atoms with Gasteiger partial charge in [-0.1, -0.05) is 19.3 Å². The molecule has 0 radical (unpaired) electrons. The van der Waals surface area contributed by atoms with Gasteiger partial charge in [0.05, 0.1) is 0 Å². The van der Waals surface area contributed by atoms with E-state index in [2.05, 4.69) is 12.2 Å². The molecule has 1 fully saturated rings. The summed E-state index contributed by atoms with van der Waals surface area (Å²) in [6.45, 7) is 3.04. The van der Waals surface area contributed by atoms with Crippen LogP contribution in [0.5, 0.6) is 0 Å². The van der Waals surface area contributed by atoms with E-state index < -0.39 is 0 Å². The molecule has 0 aromatic carbocycles. The summed E-state index contributed by atoms with van der Waals surface area (Å²) in [4.78, 5) is 0. The van der Waals surface area contributed by atoms with Crippen molar-refractivity contribution in [2.45, 2.75) is 57.5 Å². The van der Waals surface area contributed by atoms with Crippen LogP contribution in [0.4, 0.5) is 0 Å². The van der Waals surface area contributed by atoms with Crippen LogP contribution in [0.3, 0.4) is 0 Å². The first-order chi connectivity index (χ1) is 5.83. The van der Waals surface area contributed by atoms with E-state index in [0.29, 0.717) is 6.04 Å². The lowest BCUT2D eigenvalue weighted by molar-refractivity contribution is 0.338. The van der Waals surface area contributed by atoms with Crippen LogP contribution in [0.2, 0.25) is 0 Å². The zero-order valence-corrected chi connectivity index (χ0v) is 8.18. The van der Waals surface area contributed by atoms with Gasteiger partial charge in [-0.3, -0.25) is 0 Å². The van der Waals surface area contributed by atoms with Gasteiger partial charge in [-0.05, 0) is 32.7 Å². The number of nitrogens with one attached hydrogen (secondary N) is 1. The van der Waals surface area contributed by atoms with Crippen LogP contribution < -0.4 is 11.1 Å². The molecule has 0 spiro atoms. The van der Waals surface area contributed by atoms with E-state index in [1.165, 1.54) is 32.1 Å². The van der Waals surface area contributed by atoms with Crippen LogP contribution in [0.15, 0.2) is 0 Å². The summed E-state index contributed by atoms with van der Waals surface area (Å²) in [5.41, 5.74) is 5.49. The highest BCUT2D eigenvalue weighted by molar-refractivity contribution is 4.75. The van der Waals surface area contributed by atoms with Crippen LogP contribution in [-0.4, -0.2) is 18.6 Å². The fraction of sp³-hybridized carbons (Fsp3) is 1.00. The molecule has 1 aliphatic carbocycles. The Balaban J connectivity index is 2.11. The molecule has 1 unspecified atom stereocenters. The normalized spacial score (nSPS) is 22.5. The minimum absolute atomic E-state index is 0.609. The fourth-order valence-corrected chi connectivity index (χ4v) is 2.00. The molecule has 12 heavy (non-hydrogen) atoms. The molecule has 1 saturated carbocycles. The average Bonchev–Trinajstić information content (AvgIpc) is 2.06. The molecule has 0 aliphatic heterocycles. The SMILES string of the molecule is CC(CCN)NC1CCCCC1. The van der Waals surface area contributed by atoms with E-state index >= 15 is 0 Å². The van der Waals surface area contributed by atoms with Crippen molar-refractivity contribution in [1.82, 2.24) is 5.32 Å². The number of hydrogen-bond acceptors (Lipinski definition) is 2. The monoisotopic (exact) mass is 170 g/mol. The minimum atomic E-state index is 0.609. The Morgan fingerprint density at radius 2 is 2.00 bits per heavy atom. The van der Waals surface area contributed by atoms with Crippen molar-refractivity contribution in [2.24, 2.45) is 5.73 Å². The number of rotatable bonds is 4. The highest BCUT2D eigenvalue weighted by atomic mass is 14.9. The first-order valence-corrected chi connectivity index (χ1v) is 5.29. The van der Waals surface area contributed by atoms with Crippen LogP contribution in [0.1, 0.15) is 45.4 Å². The topological polar surface area (TPSA) is 38.0 Å². The highest BCUT2D eigenvalue weighted by Crippen LogP contribution is 2.17. The highest BCUT2D eigenvalue weighted by Gasteiger charge is 2.14. The smallest absolute Gasteiger partial charge is 0.00695 e. The third-order valence-electron chi connectivity index (χ3n) is 2.73. The zero-order chi connectivity index (χ0) is 8.81. The molecule has 0 bridgehead atoms. The van der Waals surface area contributed by atoms with Crippen molar-refractivity contribution in [3.63, 3.8) is 0 Å². The van der Waals surface area contributed by atoms with Crippen molar-refractivity contribution < 1.29 is 0 Å². The van der Waals surface area contributed by atoms with Crippen molar-refractivity contribution >= 4 is 0 Å².